The molecule has 3 nitrogen and oxygen atoms in total. The predicted molar refractivity (Wildman–Crippen MR) is 75.7 cm³/mol. The van der Waals surface area contributed by atoms with Gasteiger partial charge < -0.3 is 10.1 Å². The van der Waals surface area contributed by atoms with E-state index in [4.69, 9.17) is 0 Å². The lowest BCUT2D eigenvalue weighted by Crippen LogP contribution is -2.04. The van der Waals surface area contributed by atoms with E-state index >= 15 is 0 Å². The summed E-state index contributed by atoms with van der Waals surface area (Å²) in [6, 6.07) is 11.5. The number of aromatic amines is 1. The molecule has 0 amide bonds. The van der Waals surface area contributed by atoms with Crippen LogP contribution in [0.3, 0.4) is 0 Å². The average Bonchev–Trinajstić information content (AvgIpc) is 2.86. The number of aromatic carboxylic acids is 1. The zero-order chi connectivity index (χ0) is 15.9. The van der Waals surface area contributed by atoms with Crippen molar-refractivity contribution < 1.29 is 23.1 Å². The van der Waals surface area contributed by atoms with E-state index in [2.05, 4.69) is 4.98 Å². The van der Waals surface area contributed by atoms with Gasteiger partial charge in [-0.1, -0.05) is 36.4 Å². The van der Waals surface area contributed by atoms with E-state index in [9.17, 15) is 23.1 Å². The van der Waals surface area contributed by atoms with Crippen LogP contribution in [-0.4, -0.2) is 16.1 Å². The van der Waals surface area contributed by atoms with Gasteiger partial charge in [0.2, 0.25) is 0 Å². The number of rotatable bonds is 2. The minimum Gasteiger partial charge on any atom is -0.477 e. The number of aromatic nitrogens is 1. The van der Waals surface area contributed by atoms with Crippen LogP contribution in [-0.2, 0) is 6.18 Å². The third-order valence-corrected chi connectivity index (χ3v) is 3.41. The quantitative estimate of drug-likeness (QED) is 0.729. The van der Waals surface area contributed by atoms with E-state index in [-0.39, 0.29) is 5.69 Å². The lowest BCUT2D eigenvalue weighted by atomic mass is 10.0. The first-order valence-corrected chi connectivity index (χ1v) is 6.39. The van der Waals surface area contributed by atoms with Crippen molar-refractivity contribution in [1.82, 2.24) is 4.98 Å². The van der Waals surface area contributed by atoms with Crippen molar-refractivity contribution in [1.29, 1.82) is 0 Å². The van der Waals surface area contributed by atoms with Crippen LogP contribution in [0.1, 0.15) is 16.1 Å². The first kappa shape index (κ1) is 14.2. The van der Waals surface area contributed by atoms with Crippen LogP contribution in [0.15, 0.2) is 48.5 Å². The van der Waals surface area contributed by atoms with Crippen molar-refractivity contribution in [2.45, 2.75) is 6.18 Å². The number of H-pyrrole nitrogens is 1. The molecule has 0 spiro atoms. The molecule has 0 aliphatic heterocycles. The molecule has 6 heteroatoms. The summed E-state index contributed by atoms with van der Waals surface area (Å²) in [5.41, 5.74) is -0.166. The summed E-state index contributed by atoms with van der Waals surface area (Å²) in [5.74, 6) is -1.16. The van der Waals surface area contributed by atoms with Crippen molar-refractivity contribution in [3.8, 4) is 11.3 Å². The molecule has 3 aromatic rings. The monoisotopic (exact) mass is 305 g/mol. The number of nitrogens with one attached hydrogen (secondary N) is 1. The Morgan fingerprint density at radius 2 is 1.68 bits per heavy atom. The van der Waals surface area contributed by atoms with Gasteiger partial charge in [0.05, 0.1) is 11.3 Å². The number of alkyl halides is 3. The van der Waals surface area contributed by atoms with Crippen LogP contribution in [0.5, 0.6) is 0 Å². The molecule has 0 atom stereocenters. The first-order valence-electron chi connectivity index (χ1n) is 6.39. The lowest BCUT2D eigenvalue weighted by Gasteiger charge is -2.08. The fraction of sp³-hybridized carbons (Fsp3) is 0.0625. The summed E-state index contributed by atoms with van der Waals surface area (Å²) in [6.45, 7) is 0. The molecule has 0 aliphatic carbocycles. The van der Waals surface area contributed by atoms with E-state index < -0.39 is 17.7 Å². The first-order chi connectivity index (χ1) is 10.4. The summed E-state index contributed by atoms with van der Waals surface area (Å²) in [7, 11) is 0. The number of carboxylic acids is 1. The van der Waals surface area contributed by atoms with Gasteiger partial charge in [0, 0.05) is 10.8 Å². The maximum Gasteiger partial charge on any atom is 0.416 e. The molecule has 2 aromatic carbocycles. The van der Waals surface area contributed by atoms with Crippen LogP contribution in [0.4, 0.5) is 13.2 Å². The Hall–Kier alpha value is -2.76. The molecule has 112 valence electrons. The lowest BCUT2D eigenvalue weighted by molar-refractivity contribution is -0.137. The van der Waals surface area contributed by atoms with Gasteiger partial charge in [-0.05, 0) is 17.7 Å². The van der Waals surface area contributed by atoms with E-state index in [0.29, 0.717) is 22.0 Å². The Balaban J connectivity index is 2.25. The summed E-state index contributed by atoms with van der Waals surface area (Å²) < 4.78 is 38.5. The number of benzene rings is 2. The van der Waals surface area contributed by atoms with Crippen LogP contribution >= 0.6 is 0 Å². The number of hydrogen-bond donors (Lipinski definition) is 2. The highest BCUT2D eigenvalue weighted by molar-refractivity contribution is 6.08. The second kappa shape index (κ2) is 4.91. The zero-order valence-corrected chi connectivity index (χ0v) is 11.1. The van der Waals surface area contributed by atoms with Gasteiger partial charge in [0.15, 0.2) is 0 Å². The van der Waals surface area contributed by atoms with Crippen LogP contribution in [0.25, 0.3) is 22.0 Å². The topological polar surface area (TPSA) is 53.1 Å². The van der Waals surface area contributed by atoms with Gasteiger partial charge in [0.25, 0.3) is 0 Å². The van der Waals surface area contributed by atoms with Crippen molar-refractivity contribution in [2.24, 2.45) is 0 Å². The average molecular weight is 305 g/mol. The summed E-state index contributed by atoms with van der Waals surface area (Å²) in [4.78, 5) is 14.0. The van der Waals surface area contributed by atoms with Crippen LogP contribution in [0, 0.1) is 0 Å². The molecule has 0 saturated heterocycles. The van der Waals surface area contributed by atoms with Crippen LogP contribution < -0.4 is 0 Å². The molecule has 0 bridgehead atoms. The minimum absolute atomic E-state index is 0.0389. The molecular formula is C16H10F3NO2. The van der Waals surface area contributed by atoms with Gasteiger partial charge in [-0.15, -0.1) is 0 Å². The largest absolute Gasteiger partial charge is 0.477 e. The summed E-state index contributed by atoms with van der Waals surface area (Å²) in [5, 5.41) is 10.2. The van der Waals surface area contributed by atoms with Crippen molar-refractivity contribution in [2.75, 3.05) is 0 Å². The maximum absolute atomic E-state index is 12.8. The smallest absolute Gasteiger partial charge is 0.416 e. The van der Waals surface area contributed by atoms with Crippen molar-refractivity contribution in [3.63, 3.8) is 0 Å². The van der Waals surface area contributed by atoms with E-state index in [0.717, 1.165) is 12.1 Å². The SMILES string of the molecule is O=C(O)c1[nH]c(-c2cccc(C(F)(F)F)c2)c2ccccc12. The standard InChI is InChI=1S/C16H10F3NO2/c17-16(18,19)10-5-3-4-9(8-10)13-11-6-1-2-7-12(11)14(20-13)15(21)22/h1-8,20H,(H,21,22). The Bertz CT molecular complexity index is 865. The Morgan fingerprint density at radius 1 is 1.00 bits per heavy atom. The fourth-order valence-corrected chi connectivity index (χ4v) is 2.43. The summed E-state index contributed by atoms with van der Waals surface area (Å²) in [6.07, 6.45) is -4.45. The third kappa shape index (κ3) is 2.32. The van der Waals surface area contributed by atoms with Crippen molar-refractivity contribution in [3.05, 3.63) is 59.8 Å². The van der Waals surface area contributed by atoms with E-state index in [1.807, 2.05) is 0 Å². The number of hydrogen-bond acceptors (Lipinski definition) is 1. The second-order valence-corrected chi connectivity index (χ2v) is 4.80. The van der Waals surface area contributed by atoms with Gasteiger partial charge in [-0.3, -0.25) is 0 Å². The van der Waals surface area contributed by atoms with E-state index in [1.54, 1.807) is 24.3 Å². The molecule has 1 aromatic heterocycles. The van der Waals surface area contributed by atoms with Gasteiger partial charge in [-0.25, -0.2) is 4.79 Å². The van der Waals surface area contributed by atoms with Gasteiger partial charge in [-0.2, -0.15) is 13.2 Å². The molecule has 0 fully saturated rings. The Morgan fingerprint density at radius 3 is 2.32 bits per heavy atom. The van der Waals surface area contributed by atoms with Gasteiger partial charge >= 0.3 is 12.1 Å². The zero-order valence-electron chi connectivity index (χ0n) is 11.1. The number of halogens is 3. The minimum atomic E-state index is -4.45. The molecule has 22 heavy (non-hydrogen) atoms. The number of fused-ring (bicyclic) bond motifs is 1. The molecular weight excluding hydrogens is 295 g/mol. The Labute approximate surface area is 123 Å². The molecule has 3 rings (SSSR count). The highest BCUT2D eigenvalue weighted by atomic mass is 19.4. The molecule has 2 N–H and O–H groups in total. The normalized spacial score (nSPS) is 11.8. The fourth-order valence-electron chi connectivity index (χ4n) is 2.43. The maximum atomic E-state index is 12.8. The molecule has 1 heterocycles. The molecule has 0 saturated carbocycles. The second-order valence-electron chi connectivity index (χ2n) is 4.80. The molecule has 0 radical (unpaired) electrons. The van der Waals surface area contributed by atoms with Gasteiger partial charge in [0.1, 0.15) is 5.69 Å². The third-order valence-electron chi connectivity index (χ3n) is 3.41. The highest BCUT2D eigenvalue weighted by Crippen LogP contribution is 2.35. The van der Waals surface area contributed by atoms with Crippen molar-refractivity contribution >= 4 is 16.7 Å². The molecule has 0 unspecified atom stereocenters. The molecule has 0 aliphatic rings. The highest BCUT2D eigenvalue weighted by Gasteiger charge is 2.30. The van der Waals surface area contributed by atoms with E-state index in [1.165, 1.54) is 12.1 Å². The van der Waals surface area contributed by atoms with Crippen LogP contribution in [0.2, 0.25) is 0 Å². The summed E-state index contributed by atoms with van der Waals surface area (Å²) >= 11 is 0. The number of carbonyl (C=O) groups is 1. The predicted octanol–water partition coefficient (Wildman–Crippen LogP) is 4.55. The number of carboxylic acid groups (broad SMARTS) is 1. The Kier molecular flexibility index (Phi) is 3.16.